The van der Waals surface area contributed by atoms with Crippen molar-refractivity contribution in [3.05, 3.63) is 12.3 Å². The van der Waals surface area contributed by atoms with Gasteiger partial charge in [0.15, 0.2) is 0 Å². The Hall–Kier alpha value is -1.52. The molecule has 0 aliphatic rings. The zero-order chi connectivity index (χ0) is 7.28. The fourth-order valence-electron chi connectivity index (χ4n) is 0.206. The fourth-order valence-corrected chi connectivity index (χ4v) is 0.206. The van der Waals surface area contributed by atoms with Gasteiger partial charge in [0, 0.05) is 12.3 Å². The average Bonchev–Trinajstić information content (AvgIpc) is 1.63. The summed E-state index contributed by atoms with van der Waals surface area (Å²) in [5, 5.41) is 2.03. The van der Waals surface area contributed by atoms with Gasteiger partial charge < -0.3 is 16.8 Å². The van der Waals surface area contributed by atoms with Gasteiger partial charge in [0.05, 0.1) is 0 Å². The van der Waals surface area contributed by atoms with E-state index in [2.05, 4.69) is 11.5 Å². The van der Waals surface area contributed by atoms with E-state index >= 15 is 0 Å². The van der Waals surface area contributed by atoms with Gasteiger partial charge in [-0.25, -0.2) is 4.79 Å². The lowest BCUT2D eigenvalue weighted by atomic mass is 10.6. The van der Waals surface area contributed by atoms with E-state index in [1.165, 1.54) is 0 Å². The lowest BCUT2D eigenvalue weighted by Crippen LogP contribution is -2.24. The monoisotopic (exact) mass is 129 g/mol. The molecule has 5 N–H and O–H groups in total. The van der Waals surface area contributed by atoms with E-state index in [4.69, 9.17) is 0 Å². The van der Waals surface area contributed by atoms with E-state index in [0.717, 1.165) is 12.3 Å². The smallest absolute Gasteiger partial charge is 0.316 e. The molecule has 0 saturated heterocycles. The van der Waals surface area contributed by atoms with E-state index in [1.807, 2.05) is 5.32 Å². The van der Waals surface area contributed by atoms with Crippen molar-refractivity contribution in [3.8, 4) is 0 Å². The molecular weight excluding hydrogens is 122 g/mol. The summed E-state index contributed by atoms with van der Waals surface area (Å²) in [6.45, 7) is 0. The summed E-state index contributed by atoms with van der Waals surface area (Å²) < 4.78 is 0. The molecule has 50 valence electrons. The zero-order valence-electron chi connectivity index (χ0n) is 4.63. The summed E-state index contributed by atoms with van der Waals surface area (Å²) in [6, 6.07) is -0.729. The normalized spacial score (nSPS) is 9.33. The van der Waals surface area contributed by atoms with Crippen molar-refractivity contribution in [2.24, 2.45) is 11.5 Å². The van der Waals surface area contributed by atoms with E-state index in [9.17, 15) is 9.59 Å². The van der Waals surface area contributed by atoms with Crippen LogP contribution in [0.4, 0.5) is 4.79 Å². The first kappa shape index (κ1) is 7.48. The van der Waals surface area contributed by atoms with Crippen molar-refractivity contribution in [2.45, 2.75) is 0 Å². The molecule has 0 saturated carbocycles. The summed E-state index contributed by atoms with van der Waals surface area (Å²) in [5.74, 6) is -0.635. The number of urea groups is 1. The van der Waals surface area contributed by atoms with Crippen molar-refractivity contribution in [2.75, 3.05) is 0 Å². The predicted octanol–water partition coefficient (Wildman–Crippen LogP) is -1.35. The molecule has 0 radical (unpaired) electrons. The Morgan fingerprint density at radius 3 is 2.22 bits per heavy atom. The molecule has 0 atom stereocenters. The molecule has 0 aromatic rings. The van der Waals surface area contributed by atoms with E-state index in [1.54, 1.807) is 0 Å². The highest BCUT2D eigenvalue weighted by molar-refractivity contribution is 5.86. The average molecular weight is 129 g/mol. The van der Waals surface area contributed by atoms with Crippen LogP contribution in [0, 0.1) is 0 Å². The number of nitrogens with two attached hydrogens (primary N) is 2. The molecule has 0 aromatic heterocycles. The lowest BCUT2D eigenvalue weighted by molar-refractivity contribution is -0.113. The van der Waals surface area contributed by atoms with E-state index in [0.29, 0.717) is 0 Å². The highest BCUT2D eigenvalue weighted by atomic mass is 16.2. The van der Waals surface area contributed by atoms with Crippen LogP contribution in [0.1, 0.15) is 0 Å². The molecule has 0 spiro atoms. The Bertz CT molecular complexity index is 152. The summed E-state index contributed by atoms with van der Waals surface area (Å²) in [7, 11) is 0. The van der Waals surface area contributed by atoms with Gasteiger partial charge in [-0.05, 0) is 0 Å². The predicted molar refractivity (Wildman–Crippen MR) is 31.1 cm³/mol. The fraction of sp³-hybridized carbons (Fsp3) is 0. The number of carbonyl (C=O) groups is 2. The molecule has 3 amide bonds. The molecule has 5 heteroatoms. The maximum atomic E-state index is 9.92. The molecule has 0 unspecified atom stereocenters. The highest BCUT2D eigenvalue weighted by Gasteiger charge is 1.83. The van der Waals surface area contributed by atoms with Crippen LogP contribution in [0.2, 0.25) is 0 Å². The largest absolute Gasteiger partial charge is 0.366 e. The van der Waals surface area contributed by atoms with Gasteiger partial charge >= 0.3 is 6.03 Å². The van der Waals surface area contributed by atoms with Crippen LogP contribution >= 0.6 is 0 Å². The van der Waals surface area contributed by atoms with Gasteiger partial charge in [0.1, 0.15) is 0 Å². The van der Waals surface area contributed by atoms with Crippen LogP contribution in [0.3, 0.4) is 0 Å². The number of primary amides is 2. The molecule has 0 aliphatic heterocycles. The number of nitrogens with one attached hydrogen (secondary N) is 1. The van der Waals surface area contributed by atoms with Crippen molar-refractivity contribution >= 4 is 11.9 Å². The summed E-state index contributed by atoms with van der Waals surface area (Å²) in [4.78, 5) is 19.8. The van der Waals surface area contributed by atoms with E-state index < -0.39 is 11.9 Å². The first-order valence-electron chi connectivity index (χ1n) is 2.15. The Labute approximate surface area is 51.7 Å². The number of hydrogen-bond donors (Lipinski definition) is 3. The van der Waals surface area contributed by atoms with Gasteiger partial charge in [0.25, 0.3) is 0 Å². The standard InChI is InChI=1S/C4H7N3O2/c5-3(8)1-2-7-4(6)9/h1-2H,(H2,5,8)(H3,6,7,9). The number of amides is 3. The van der Waals surface area contributed by atoms with Gasteiger partial charge in [-0.1, -0.05) is 0 Å². The maximum absolute atomic E-state index is 9.92. The molecule has 9 heavy (non-hydrogen) atoms. The highest BCUT2D eigenvalue weighted by Crippen LogP contribution is 1.63. The summed E-state index contributed by atoms with van der Waals surface area (Å²) >= 11 is 0. The van der Waals surface area contributed by atoms with Gasteiger partial charge in [-0.15, -0.1) is 0 Å². The minimum Gasteiger partial charge on any atom is -0.366 e. The van der Waals surface area contributed by atoms with Crippen LogP contribution in [0.15, 0.2) is 12.3 Å². The number of rotatable bonds is 2. The van der Waals surface area contributed by atoms with Crippen LogP contribution in [0.25, 0.3) is 0 Å². The SMILES string of the molecule is NC(=O)C=CNC(N)=O. The molecule has 5 nitrogen and oxygen atoms in total. The van der Waals surface area contributed by atoms with Gasteiger partial charge in [0.2, 0.25) is 5.91 Å². The quantitative estimate of drug-likeness (QED) is 0.402. The minimum atomic E-state index is -0.729. The maximum Gasteiger partial charge on any atom is 0.316 e. The third-order valence-corrected chi connectivity index (χ3v) is 0.473. The first-order chi connectivity index (χ1) is 4.13. The van der Waals surface area contributed by atoms with E-state index in [-0.39, 0.29) is 0 Å². The van der Waals surface area contributed by atoms with Gasteiger partial charge in [-0.2, -0.15) is 0 Å². The second kappa shape index (κ2) is 3.48. The molecule has 0 aromatic carbocycles. The van der Waals surface area contributed by atoms with Crippen molar-refractivity contribution in [3.63, 3.8) is 0 Å². The second-order valence-corrected chi connectivity index (χ2v) is 1.24. The number of hydrogen-bond acceptors (Lipinski definition) is 2. The topological polar surface area (TPSA) is 98.2 Å². The Morgan fingerprint density at radius 2 is 1.89 bits per heavy atom. The van der Waals surface area contributed by atoms with Crippen LogP contribution in [0.5, 0.6) is 0 Å². The van der Waals surface area contributed by atoms with Crippen LogP contribution in [-0.2, 0) is 4.79 Å². The molecule has 0 rings (SSSR count). The Morgan fingerprint density at radius 1 is 1.33 bits per heavy atom. The lowest BCUT2D eigenvalue weighted by Gasteiger charge is -1.86. The van der Waals surface area contributed by atoms with Crippen molar-refractivity contribution < 1.29 is 9.59 Å². The Kier molecular flexibility index (Phi) is 2.89. The molecule has 0 bridgehead atoms. The van der Waals surface area contributed by atoms with Crippen LogP contribution < -0.4 is 16.8 Å². The molecular formula is C4H7N3O2. The second-order valence-electron chi connectivity index (χ2n) is 1.24. The van der Waals surface area contributed by atoms with Gasteiger partial charge in [-0.3, -0.25) is 4.79 Å². The first-order valence-corrected chi connectivity index (χ1v) is 2.15. The zero-order valence-corrected chi connectivity index (χ0v) is 4.63. The minimum absolute atomic E-state index is 0.635. The van der Waals surface area contributed by atoms with Crippen molar-refractivity contribution in [1.29, 1.82) is 0 Å². The third-order valence-electron chi connectivity index (χ3n) is 0.473. The summed E-state index contributed by atoms with van der Waals surface area (Å²) in [6.07, 6.45) is 2.06. The molecule has 0 fully saturated rings. The van der Waals surface area contributed by atoms with Crippen molar-refractivity contribution in [1.82, 2.24) is 5.32 Å². The molecule has 0 aliphatic carbocycles. The summed E-state index contributed by atoms with van der Waals surface area (Å²) in [5.41, 5.74) is 9.29. The Balaban J connectivity index is 3.48. The van der Waals surface area contributed by atoms with Crippen LogP contribution in [-0.4, -0.2) is 11.9 Å². The third kappa shape index (κ3) is 6.48. The number of carbonyl (C=O) groups excluding carboxylic acids is 2. The molecule has 0 heterocycles.